The lowest BCUT2D eigenvalue weighted by atomic mass is 10.0. The number of nitrogens with zero attached hydrogens (tertiary/aromatic N) is 2. The number of thiocarbonyl (C=S) groups is 1. The Morgan fingerprint density at radius 1 is 1.04 bits per heavy atom. The van der Waals surface area contributed by atoms with E-state index in [0.717, 1.165) is 11.8 Å². The number of thioether (sulfide) groups is 2. The smallest absolute Gasteiger partial charge is 0.306 e. The summed E-state index contributed by atoms with van der Waals surface area (Å²) in [5.74, 6) is -3.37. The molecule has 142 valence electrons. The highest BCUT2D eigenvalue weighted by atomic mass is 32.2. The summed E-state index contributed by atoms with van der Waals surface area (Å²) in [6, 6.07) is 0. The molecular formula is C10H4F10N2S3. The summed E-state index contributed by atoms with van der Waals surface area (Å²) in [4.78, 5) is 3.44. The van der Waals surface area contributed by atoms with Crippen LogP contribution in [0.1, 0.15) is 0 Å². The molecule has 2 nitrogen and oxygen atoms in total. The largest absolute Gasteiger partial charge is 0.444 e. The van der Waals surface area contributed by atoms with Crippen molar-refractivity contribution in [1.82, 2.24) is 4.90 Å². The Morgan fingerprint density at radius 2 is 1.56 bits per heavy atom. The molecule has 2 aliphatic rings. The summed E-state index contributed by atoms with van der Waals surface area (Å²) >= 11 is 4.56. The first-order chi connectivity index (χ1) is 11.1. The zero-order chi connectivity index (χ0) is 19.4. The van der Waals surface area contributed by atoms with E-state index in [9.17, 15) is 43.9 Å². The van der Waals surface area contributed by atoms with Crippen molar-refractivity contribution >= 4 is 45.2 Å². The first-order valence-electron chi connectivity index (χ1n) is 5.96. The lowest BCUT2D eigenvalue weighted by molar-refractivity contribution is -0.253. The average molecular weight is 438 g/mol. The van der Waals surface area contributed by atoms with Crippen molar-refractivity contribution in [2.75, 3.05) is 12.3 Å². The van der Waals surface area contributed by atoms with E-state index in [0.29, 0.717) is 4.90 Å². The van der Waals surface area contributed by atoms with E-state index < -0.39 is 51.7 Å². The Balaban J connectivity index is 2.73. The number of aliphatic imine (C=N–C) groups is 1. The van der Waals surface area contributed by atoms with Crippen molar-refractivity contribution in [3.63, 3.8) is 0 Å². The number of hydrogen-bond acceptors (Lipinski definition) is 4. The molecule has 0 aromatic heterocycles. The zero-order valence-corrected chi connectivity index (χ0v) is 13.8. The Bertz CT molecular complexity index is 631. The van der Waals surface area contributed by atoms with Crippen LogP contribution in [0.2, 0.25) is 0 Å². The molecule has 0 unspecified atom stereocenters. The number of amidine groups is 1. The number of halogens is 10. The van der Waals surface area contributed by atoms with Crippen LogP contribution in [0.3, 0.4) is 0 Å². The van der Waals surface area contributed by atoms with Gasteiger partial charge in [-0.1, -0.05) is 35.7 Å². The van der Waals surface area contributed by atoms with E-state index in [4.69, 9.17) is 12.2 Å². The summed E-state index contributed by atoms with van der Waals surface area (Å²) in [5.41, 5.74) is -2.78. The minimum Gasteiger partial charge on any atom is -0.306 e. The van der Waals surface area contributed by atoms with Crippen molar-refractivity contribution in [2.24, 2.45) is 4.99 Å². The van der Waals surface area contributed by atoms with Crippen LogP contribution in [0, 0.1) is 0 Å². The van der Waals surface area contributed by atoms with Crippen molar-refractivity contribution in [3.8, 4) is 0 Å². The van der Waals surface area contributed by atoms with Crippen LogP contribution < -0.4 is 0 Å². The summed E-state index contributed by atoms with van der Waals surface area (Å²) in [5, 5.41) is -1.08. The average Bonchev–Trinajstić information content (AvgIpc) is 2.98. The molecule has 2 rings (SSSR count). The van der Waals surface area contributed by atoms with E-state index >= 15 is 0 Å². The maximum absolute atomic E-state index is 13.5. The standard InChI is InChI=1S/C10H4F10N2S3/c11-3(8(12,13)14)4-7(9(15,16)17,10(18,19)20)25-5(21-4)22-1-2-24-6(22)23/h1-2H2/b4-3+. The van der Waals surface area contributed by atoms with E-state index in [1.807, 2.05) is 0 Å². The van der Waals surface area contributed by atoms with E-state index in [1.54, 1.807) is 0 Å². The number of allylic oxidation sites excluding steroid dienone is 1. The highest BCUT2D eigenvalue weighted by Crippen LogP contribution is 2.62. The first-order valence-corrected chi connectivity index (χ1v) is 8.17. The summed E-state index contributed by atoms with van der Waals surface area (Å²) < 4.78 is 125. The van der Waals surface area contributed by atoms with Gasteiger partial charge >= 0.3 is 18.5 Å². The summed E-state index contributed by atoms with van der Waals surface area (Å²) in [6.07, 6.45) is -18.7. The van der Waals surface area contributed by atoms with Crippen molar-refractivity contribution in [3.05, 3.63) is 11.5 Å². The molecule has 2 heterocycles. The molecular weight excluding hydrogens is 434 g/mol. The molecule has 0 bridgehead atoms. The Morgan fingerprint density at radius 3 is 1.92 bits per heavy atom. The molecule has 0 aromatic carbocycles. The second-order valence-electron chi connectivity index (χ2n) is 4.60. The highest BCUT2D eigenvalue weighted by molar-refractivity contribution is 8.23. The molecule has 1 fully saturated rings. The van der Waals surface area contributed by atoms with Crippen molar-refractivity contribution < 1.29 is 43.9 Å². The fourth-order valence-corrected chi connectivity index (χ4v) is 4.44. The minimum absolute atomic E-state index is 0.165. The maximum atomic E-state index is 13.5. The first kappa shape index (κ1) is 20.6. The zero-order valence-electron chi connectivity index (χ0n) is 11.3. The number of rotatable bonds is 0. The normalized spacial score (nSPS) is 24.0. The Hall–Kier alpha value is -0.700. The fraction of sp³-hybridized carbons (Fsp3) is 0.600. The molecule has 0 aliphatic carbocycles. The Kier molecular flexibility index (Phi) is 5.09. The van der Waals surface area contributed by atoms with Gasteiger partial charge in [0, 0.05) is 12.3 Å². The molecule has 0 spiro atoms. The second-order valence-corrected chi connectivity index (χ2v) is 7.51. The molecule has 0 radical (unpaired) electrons. The van der Waals surface area contributed by atoms with Gasteiger partial charge < -0.3 is 4.90 Å². The minimum atomic E-state index is -6.30. The molecule has 0 N–H and O–H groups in total. The summed E-state index contributed by atoms with van der Waals surface area (Å²) in [7, 11) is 0. The van der Waals surface area contributed by atoms with Gasteiger partial charge in [0.2, 0.25) is 5.83 Å². The predicted molar refractivity (Wildman–Crippen MR) is 75.8 cm³/mol. The molecule has 0 atom stereocenters. The van der Waals surface area contributed by atoms with Gasteiger partial charge in [0.05, 0.1) is 0 Å². The van der Waals surface area contributed by atoms with E-state index in [2.05, 4.69) is 4.99 Å². The van der Waals surface area contributed by atoms with Gasteiger partial charge in [-0.05, 0) is 0 Å². The quantitative estimate of drug-likeness (QED) is 0.389. The van der Waals surface area contributed by atoms with Crippen LogP contribution in [0.4, 0.5) is 43.9 Å². The molecule has 25 heavy (non-hydrogen) atoms. The van der Waals surface area contributed by atoms with Crippen LogP contribution in [0.25, 0.3) is 0 Å². The molecule has 0 aromatic rings. The highest BCUT2D eigenvalue weighted by Gasteiger charge is 2.78. The van der Waals surface area contributed by atoms with Gasteiger partial charge in [0.25, 0.3) is 4.75 Å². The van der Waals surface area contributed by atoms with Crippen LogP contribution in [0.5, 0.6) is 0 Å². The third-order valence-corrected chi connectivity index (χ3v) is 5.92. The Labute approximate surface area is 146 Å². The van der Waals surface area contributed by atoms with Gasteiger partial charge in [0.1, 0.15) is 10.0 Å². The third-order valence-electron chi connectivity index (χ3n) is 3.03. The summed E-state index contributed by atoms with van der Waals surface area (Å²) in [6.45, 7) is -0.165. The van der Waals surface area contributed by atoms with Gasteiger partial charge in [-0.15, -0.1) is 0 Å². The number of alkyl halides is 9. The van der Waals surface area contributed by atoms with Crippen LogP contribution in [-0.2, 0) is 0 Å². The molecule has 0 amide bonds. The van der Waals surface area contributed by atoms with Crippen molar-refractivity contribution in [2.45, 2.75) is 23.3 Å². The fourth-order valence-electron chi connectivity index (χ4n) is 1.95. The van der Waals surface area contributed by atoms with Crippen LogP contribution in [0.15, 0.2) is 16.5 Å². The van der Waals surface area contributed by atoms with E-state index in [1.165, 1.54) is 0 Å². The van der Waals surface area contributed by atoms with Gasteiger partial charge in [-0.2, -0.15) is 43.9 Å². The van der Waals surface area contributed by atoms with E-state index in [-0.39, 0.29) is 16.6 Å². The molecule has 2 aliphatic heterocycles. The second kappa shape index (κ2) is 6.18. The lowest BCUT2D eigenvalue weighted by Gasteiger charge is -2.33. The van der Waals surface area contributed by atoms with Crippen LogP contribution in [-0.4, -0.2) is 50.0 Å². The predicted octanol–water partition coefficient (Wildman–Crippen LogP) is 5.03. The maximum Gasteiger partial charge on any atom is 0.444 e. The number of hydrogen-bond donors (Lipinski definition) is 0. The monoisotopic (exact) mass is 438 g/mol. The third kappa shape index (κ3) is 3.34. The molecule has 1 saturated heterocycles. The lowest BCUT2D eigenvalue weighted by Crippen LogP contribution is -2.55. The van der Waals surface area contributed by atoms with Gasteiger partial charge in [0.15, 0.2) is 5.17 Å². The van der Waals surface area contributed by atoms with Gasteiger partial charge in [-0.25, -0.2) is 4.99 Å². The SMILES string of the molecule is F/C(=C1/N=C(N2CCSC2=S)SC1(C(F)(F)F)C(F)(F)F)C(F)(F)F. The van der Waals surface area contributed by atoms with Crippen molar-refractivity contribution in [1.29, 1.82) is 0 Å². The van der Waals surface area contributed by atoms with Gasteiger partial charge in [-0.3, -0.25) is 0 Å². The topological polar surface area (TPSA) is 15.6 Å². The molecule has 0 saturated carbocycles. The van der Waals surface area contributed by atoms with Crippen LogP contribution >= 0.6 is 35.7 Å². The molecule has 15 heteroatoms.